The Morgan fingerprint density at radius 3 is 2.73 bits per heavy atom. The summed E-state index contributed by atoms with van der Waals surface area (Å²) in [5.41, 5.74) is 5.55. The van der Waals surface area contributed by atoms with Crippen molar-refractivity contribution in [3.8, 4) is 16.9 Å². The molecule has 0 spiro atoms. The van der Waals surface area contributed by atoms with Crippen LogP contribution in [0.1, 0.15) is 36.5 Å². The summed E-state index contributed by atoms with van der Waals surface area (Å²) < 4.78 is 11.6. The van der Waals surface area contributed by atoms with Crippen molar-refractivity contribution in [1.29, 1.82) is 0 Å². The van der Waals surface area contributed by atoms with E-state index in [0.717, 1.165) is 47.5 Å². The molecule has 0 saturated carbocycles. The van der Waals surface area contributed by atoms with Crippen molar-refractivity contribution in [2.24, 2.45) is 0 Å². The second-order valence-electron chi connectivity index (χ2n) is 5.66. The minimum absolute atomic E-state index is 0.0572. The smallest absolute Gasteiger partial charge is 0.119 e. The molecule has 0 saturated heterocycles. The van der Waals surface area contributed by atoms with Gasteiger partial charge in [0.2, 0.25) is 0 Å². The predicted octanol–water partition coefficient (Wildman–Crippen LogP) is 4.06. The summed E-state index contributed by atoms with van der Waals surface area (Å²) in [5.74, 6) is 0.901. The minimum atomic E-state index is 0.0572. The number of fused-ring (bicyclic) bond motifs is 3. The number of unbranched alkanes of at least 4 members (excludes halogenated alkanes) is 1. The second-order valence-corrected chi connectivity index (χ2v) is 5.66. The summed E-state index contributed by atoms with van der Waals surface area (Å²) in [6, 6.07) is 12.3. The fourth-order valence-electron chi connectivity index (χ4n) is 2.75. The molecule has 1 aliphatic heterocycles. The zero-order chi connectivity index (χ0) is 15.4. The van der Waals surface area contributed by atoms with Gasteiger partial charge in [0.05, 0.1) is 26.4 Å². The number of benzene rings is 2. The number of aliphatic hydroxyl groups is 1. The molecule has 3 rings (SSSR count). The zero-order valence-corrected chi connectivity index (χ0v) is 13.0. The molecule has 1 aliphatic rings. The van der Waals surface area contributed by atoms with E-state index in [1.807, 2.05) is 18.2 Å². The normalized spacial score (nSPS) is 13.2. The second kappa shape index (κ2) is 6.95. The maximum atomic E-state index is 9.37. The molecular formula is C19H22O3. The SMILES string of the molecule is CCCCOc1ccc2c(c1)COCc1ccc(CO)cc1-2. The number of rotatable bonds is 5. The topological polar surface area (TPSA) is 38.7 Å². The van der Waals surface area contributed by atoms with Gasteiger partial charge in [0, 0.05) is 0 Å². The Labute approximate surface area is 131 Å². The van der Waals surface area contributed by atoms with E-state index in [4.69, 9.17) is 9.47 Å². The summed E-state index contributed by atoms with van der Waals surface area (Å²) in [5, 5.41) is 9.37. The number of ether oxygens (including phenoxy) is 2. The van der Waals surface area contributed by atoms with Crippen molar-refractivity contribution in [2.75, 3.05) is 6.61 Å². The van der Waals surface area contributed by atoms with E-state index in [9.17, 15) is 5.11 Å². The first-order valence-electron chi connectivity index (χ1n) is 7.88. The minimum Gasteiger partial charge on any atom is -0.494 e. The van der Waals surface area contributed by atoms with E-state index in [2.05, 4.69) is 25.1 Å². The van der Waals surface area contributed by atoms with Gasteiger partial charge in [0.1, 0.15) is 5.75 Å². The van der Waals surface area contributed by atoms with Crippen LogP contribution in [0.2, 0.25) is 0 Å². The monoisotopic (exact) mass is 298 g/mol. The molecule has 1 N–H and O–H groups in total. The fourth-order valence-corrected chi connectivity index (χ4v) is 2.75. The molecule has 0 bridgehead atoms. The third-order valence-electron chi connectivity index (χ3n) is 4.01. The summed E-state index contributed by atoms with van der Waals surface area (Å²) in [4.78, 5) is 0. The van der Waals surface area contributed by atoms with Crippen LogP contribution in [0, 0.1) is 0 Å². The van der Waals surface area contributed by atoms with Crippen molar-refractivity contribution in [3.05, 3.63) is 53.1 Å². The lowest BCUT2D eigenvalue weighted by molar-refractivity contribution is 0.109. The lowest BCUT2D eigenvalue weighted by atomic mass is 9.95. The highest BCUT2D eigenvalue weighted by Crippen LogP contribution is 2.34. The lowest BCUT2D eigenvalue weighted by Crippen LogP contribution is -1.98. The molecule has 116 valence electrons. The standard InChI is InChI=1S/C19H22O3/c1-2-3-8-22-17-6-7-18-16(10-17)13-21-12-15-5-4-14(11-20)9-19(15)18/h4-7,9-10,20H,2-3,8,11-13H2,1H3. The van der Waals surface area contributed by atoms with Crippen LogP contribution in [0.25, 0.3) is 11.1 Å². The quantitative estimate of drug-likeness (QED) is 0.846. The van der Waals surface area contributed by atoms with Gasteiger partial charge in [-0.3, -0.25) is 0 Å². The van der Waals surface area contributed by atoms with Crippen LogP contribution in [-0.4, -0.2) is 11.7 Å². The van der Waals surface area contributed by atoms with E-state index < -0.39 is 0 Å². The van der Waals surface area contributed by atoms with Gasteiger partial charge in [-0.15, -0.1) is 0 Å². The summed E-state index contributed by atoms with van der Waals surface area (Å²) in [7, 11) is 0. The van der Waals surface area contributed by atoms with Gasteiger partial charge in [-0.1, -0.05) is 31.5 Å². The molecule has 0 atom stereocenters. The molecule has 0 fully saturated rings. The van der Waals surface area contributed by atoms with Gasteiger partial charge >= 0.3 is 0 Å². The van der Waals surface area contributed by atoms with E-state index in [-0.39, 0.29) is 6.61 Å². The third kappa shape index (κ3) is 3.16. The molecule has 0 amide bonds. The molecule has 2 aromatic carbocycles. The van der Waals surface area contributed by atoms with Crippen LogP contribution in [0.4, 0.5) is 0 Å². The Morgan fingerprint density at radius 1 is 1.05 bits per heavy atom. The summed E-state index contributed by atoms with van der Waals surface area (Å²) in [6.45, 7) is 4.15. The maximum absolute atomic E-state index is 9.37. The van der Waals surface area contributed by atoms with E-state index >= 15 is 0 Å². The predicted molar refractivity (Wildman–Crippen MR) is 86.7 cm³/mol. The number of aliphatic hydroxyl groups excluding tert-OH is 1. The fraction of sp³-hybridized carbons (Fsp3) is 0.368. The molecule has 0 aliphatic carbocycles. The van der Waals surface area contributed by atoms with Crippen molar-refractivity contribution in [1.82, 2.24) is 0 Å². The average Bonchev–Trinajstić information content (AvgIpc) is 2.73. The molecule has 0 radical (unpaired) electrons. The van der Waals surface area contributed by atoms with Gasteiger partial charge in [-0.25, -0.2) is 0 Å². The molecule has 1 heterocycles. The Kier molecular flexibility index (Phi) is 4.76. The Hall–Kier alpha value is -1.84. The average molecular weight is 298 g/mol. The third-order valence-corrected chi connectivity index (χ3v) is 4.01. The molecule has 3 nitrogen and oxygen atoms in total. The zero-order valence-electron chi connectivity index (χ0n) is 13.0. The summed E-state index contributed by atoms with van der Waals surface area (Å²) >= 11 is 0. The number of hydrogen-bond acceptors (Lipinski definition) is 3. The first-order chi connectivity index (χ1) is 10.8. The van der Waals surface area contributed by atoms with Crippen LogP contribution in [0.15, 0.2) is 36.4 Å². The molecule has 0 unspecified atom stereocenters. The highest BCUT2D eigenvalue weighted by molar-refractivity contribution is 5.72. The lowest BCUT2D eigenvalue weighted by Gasteiger charge is -2.12. The maximum Gasteiger partial charge on any atom is 0.119 e. The Bertz CT molecular complexity index is 649. The van der Waals surface area contributed by atoms with Crippen LogP contribution in [0.5, 0.6) is 5.75 Å². The van der Waals surface area contributed by atoms with Crippen molar-refractivity contribution in [2.45, 2.75) is 39.6 Å². The Balaban J connectivity index is 1.94. The molecule has 0 aromatic heterocycles. The molecule has 2 aromatic rings. The van der Waals surface area contributed by atoms with E-state index in [1.165, 1.54) is 5.56 Å². The van der Waals surface area contributed by atoms with E-state index in [1.54, 1.807) is 0 Å². The van der Waals surface area contributed by atoms with Crippen LogP contribution in [0.3, 0.4) is 0 Å². The first-order valence-corrected chi connectivity index (χ1v) is 7.88. The first kappa shape index (κ1) is 15.1. The molecule has 22 heavy (non-hydrogen) atoms. The van der Waals surface area contributed by atoms with Crippen LogP contribution < -0.4 is 4.74 Å². The summed E-state index contributed by atoms with van der Waals surface area (Å²) in [6.07, 6.45) is 2.20. The Morgan fingerprint density at radius 2 is 1.91 bits per heavy atom. The van der Waals surface area contributed by atoms with Gasteiger partial charge in [-0.2, -0.15) is 0 Å². The number of hydrogen-bond donors (Lipinski definition) is 1. The van der Waals surface area contributed by atoms with Crippen molar-refractivity contribution < 1.29 is 14.6 Å². The highest BCUT2D eigenvalue weighted by atomic mass is 16.5. The van der Waals surface area contributed by atoms with Crippen LogP contribution >= 0.6 is 0 Å². The molecule has 3 heteroatoms. The van der Waals surface area contributed by atoms with Gasteiger partial charge < -0.3 is 14.6 Å². The van der Waals surface area contributed by atoms with E-state index in [0.29, 0.717) is 13.2 Å². The van der Waals surface area contributed by atoms with Crippen LogP contribution in [-0.2, 0) is 24.6 Å². The highest BCUT2D eigenvalue weighted by Gasteiger charge is 2.16. The largest absolute Gasteiger partial charge is 0.494 e. The van der Waals surface area contributed by atoms with Crippen molar-refractivity contribution in [3.63, 3.8) is 0 Å². The van der Waals surface area contributed by atoms with Gasteiger partial charge in [0.15, 0.2) is 0 Å². The van der Waals surface area contributed by atoms with Gasteiger partial charge in [0.25, 0.3) is 0 Å². The van der Waals surface area contributed by atoms with Gasteiger partial charge in [-0.05, 0) is 52.4 Å². The molecular weight excluding hydrogens is 276 g/mol. The van der Waals surface area contributed by atoms with Crippen molar-refractivity contribution >= 4 is 0 Å².